The highest BCUT2D eigenvalue weighted by atomic mass is 32.1. The molecule has 0 amide bonds. The second-order valence-corrected chi connectivity index (χ2v) is 10.7. The highest BCUT2D eigenvalue weighted by Gasteiger charge is 2.25. The molecule has 9 heteroatoms. The third kappa shape index (κ3) is 3.39. The minimum absolute atomic E-state index is 0.206. The first-order chi connectivity index (χ1) is 17.5. The normalized spacial score (nSPS) is 14.1. The van der Waals surface area contributed by atoms with E-state index >= 15 is 0 Å². The van der Waals surface area contributed by atoms with E-state index in [1.165, 1.54) is 9.75 Å². The Kier molecular flexibility index (Phi) is 4.70. The third-order valence-corrected chi connectivity index (χ3v) is 7.88. The van der Waals surface area contributed by atoms with Crippen LogP contribution in [0.5, 0.6) is 0 Å². The molecule has 36 heavy (non-hydrogen) atoms. The Hall–Kier alpha value is -4.08. The molecule has 0 spiro atoms. The molecule has 1 fully saturated rings. The van der Waals surface area contributed by atoms with Crippen molar-refractivity contribution in [2.24, 2.45) is 5.73 Å². The molecule has 0 radical (unpaired) electrons. The van der Waals surface area contributed by atoms with Gasteiger partial charge in [0.25, 0.3) is 0 Å². The van der Waals surface area contributed by atoms with Gasteiger partial charge in [-0.3, -0.25) is 15.1 Å². The number of thiophene rings is 1. The Morgan fingerprint density at radius 3 is 2.61 bits per heavy atom. The van der Waals surface area contributed by atoms with E-state index in [9.17, 15) is 0 Å². The van der Waals surface area contributed by atoms with Gasteiger partial charge in [-0.1, -0.05) is 0 Å². The molecule has 0 saturated carbocycles. The van der Waals surface area contributed by atoms with E-state index in [-0.39, 0.29) is 6.04 Å². The molecular weight excluding hydrogens is 468 g/mol. The largest absolute Gasteiger partial charge is 0.352 e. The third-order valence-electron chi connectivity index (χ3n) is 6.85. The molecule has 0 unspecified atom stereocenters. The van der Waals surface area contributed by atoms with Crippen LogP contribution in [-0.2, 0) is 0 Å². The minimum Gasteiger partial charge on any atom is -0.352 e. The Balaban J connectivity index is 1.33. The first kappa shape index (κ1) is 21.2. The smallest absolute Gasteiger partial charge is 0.147 e. The molecule has 0 aliphatic carbocycles. The van der Waals surface area contributed by atoms with Gasteiger partial charge in [0.2, 0.25) is 0 Å². The van der Waals surface area contributed by atoms with E-state index in [0.29, 0.717) is 0 Å². The SMILES string of the molecule is Cc1ccc(-c2cncc3[nH]c(-c4n[nH]c5cc(C)c(-c6cncc(N7CC(N)C7)n6)cc45)cc23)s1. The van der Waals surface area contributed by atoms with E-state index in [1.54, 1.807) is 17.5 Å². The highest BCUT2D eigenvalue weighted by molar-refractivity contribution is 7.15. The van der Waals surface area contributed by atoms with Crippen LogP contribution in [0.4, 0.5) is 5.82 Å². The number of fused-ring (bicyclic) bond motifs is 2. The predicted octanol–water partition coefficient (Wildman–Crippen LogP) is 5.06. The van der Waals surface area contributed by atoms with Crippen LogP contribution in [0.2, 0.25) is 0 Å². The summed E-state index contributed by atoms with van der Waals surface area (Å²) in [4.78, 5) is 22.0. The number of nitrogens with zero attached hydrogens (tertiary/aromatic N) is 5. The van der Waals surface area contributed by atoms with Gasteiger partial charge in [0, 0.05) is 57.0 Å². The van der Waals surface area contributed by atoms with Gasteiger partial charge < -0.3 is 15.6 Å². The summed E-state index contributed by atoms with van der Waals surface area (Å²) in [5.74, 6) is 0.862. The van der Waals surface area contributed by atoms with E-state index in [0.717, 1.165) is 74.5 Å². The topological polar surface area (TPSA) is 112 Å². The van der Waals surface area contributed by atoms with Crippen molar-refractivity contribution in [2.45, 2.75) is 19.9 Å². The summed E-state index contributed by atoms with van der Waals surface area (Å²) in [5, 5.41) is 10.1. The summed E-state index contributed by atoms with van der Waals surface area (Å²) in [6, 6.07) is 11.0. The van der Waals surface area contributed by atoms with Crippen LogP contribution in [0.3, 0.4) is 0 Å². The van der Waals surface area contributed by atoms with Gasteiger partial charge in [-0.05, 0) is 49.7 Å². The summed E-state index contributed by atoms with van der Waals surface area (Å²) in [6.45, 7) is 5.83. The molecule has 6 aromatic rings. The van der Waals surface area contributed by atoms with Crippen molar-refractivity contribution < 1.29 is 0 Å². The zero-order chi connectivity index (χ0) is 24.4. The van der Waals surface area contributed by atoms with E-state index < -0.39 is 0 Å². The molecule has 0 bridgehead atoms. The lowest BCUT2D eigenvalue weighted by atomic mass is 10.0. The van der Waals surface area contributed by atoms with Crippen molar-refractivity contribution in [3.63, 3.8) is 0 Å². The van der Waals surface area contributed by atoms with Crippen LogP contribution in [0.25, 0.3) is 54.9 Å². The molecule has 4 N–H and O–H groups in total. The monoisotopic (exact) mass is 492 g/mol. The maximum Gasteiger partial charge on any atom is 0.147 e. The van der Waals surface area contributed by atoms with Crippen LogP contribution in [0.1, 0.15) is 10.4 Å². The van der Waals surface area contributed by atoms with Crippen molar-refractivity contribution >= 4 is 39.0 Å². The highest BCUT2D eigenvalue weighted by Crippen LogP contribution is 2.37. The number of nitrogens with two attached hydrogens (primary N) is 1. The van der Waals surface area contributed by atoms with Crippen molar-refractivity contribution in [3.05, 3.63) is 65.6 Å². The summed E-state index contributed by atoms with van der Waals surface area (Å²) in [7, 11) is 0. The first-order valence-electron chi connectivity index (χ1n) is 11.9. The lowest BCUT2D eigenvalue weighted by Gasteiger charge is -2.37. The molecule has 178 valence electrons. The molecule has 5 aromatic heterocycles. The number of aryl methyl sites for hydroxylation is 2. The zero-order valence-electron chi connectivity index (χ0n) is 19.9. The van der Waals surface area contributed by atoms with Gasteiger partial charge in [0.15, 0.2) is 0 Å². The first-order valence-corrected chi connectivity index (χ1v) is 12.7. The average Bonchev–Trinajstić information content (AvgIpc) is 3.59. The minimum atomic E-state index is 0.206. The number of benzene rings is 1. The lowest BCUT2D eigenvalue weighted by molar-refractivity contribution is 0.514. The average molecular weight is 493 g/mol. The van der Waals surface area contributed by atoms with Crippen molar-refractivity contribution in [1.82, 2.24) is 30.1 Å². The standard InChI is InChI=1S/C27H24N8S/c1-14-5-21-19(6-17(14)23-9-30-11-26(32-23)35-12-16(28)13-35)27(34-33-21)22-7-18-20(8-29-10-24(18)31-22)25-4-3-15(2)36-25/h3-11,16,31H,12-13,28H2,1-2H3,(H,33,34). The van der Waals surface area contributed by atoms with E-state index in [4.69, 9.17) is 10.7 Å². The number of rotatable bonds is 4. The van der Waals surface area contributed by atoms with Crippen LogP contribution >= 0.6 is 11.3 Å². The van der Waals surface area contributed by atoms with E-state index in [2.05, 4.69) is 74.2 Å². The number of pyridine rings is 1. The zero-order valence-corrected chi connectivity index (χ0v) is 20.7. The summed E-state index contributed by atoms with van der Waals surface area (Å²) in [5.41, 5.74) is 13.9. The molecule has 1 aliphatic rings. The van der Waals surface area contributed by atoms with Crippen LogP contribution in [0, 0.1) is 13.8 Å². The van der Waals surface area contributed by atoms with Crippen LogP contribution in [-0.4, -0.2) is 49.3 Å². The number of aromatic nitrogens is 6. The van der Waals surface area contributed by atoms with Crippen molar-refractivity contribution in [2.75, 3.05) is 18.0 Å². The molecule has 0 atom stereocenters. The van der Waals surface area contributed by atoms with Gasteiger partial charge in [0.1, 0.15) is 11.5 Å². The number of hydrogen-bond acceptors (Lipinski definition) is 7. The maximum atomic E-state index is 5.97. The summed E-state index contributed by atoms with van der Waals surface area (Å²) < 4.78 is 0. The molecule has 1 aromatic carbocycles. The number of aromatic amines is 2. The van der Waals surface area contributed by atoms with Crippen LogP contribution < -0.4 is 10.6 Å². The molecule has 7 rings (SSSR count). The lowest BCUT2D eigenvalue weighted by Crippen LogP contribution is -2.56. The molecule has 6 heterocycles. The fourth-order valence-corrected chi connectivity index (χ4v) is 5.84. The molecule has 1 saturated heterocycles. The number of nitrogens with one attached hydrogen (secondary N) is 2. The maximum absolute atomic E-state index is 5.97. The summed E-state index contributed by atoms with van der Waals surface area (Å²) >= 11 is 1.78. The van der Waals surface area contributed by atoms with E-state index in [1.807, 2.05) is 18.6 Å². The second-order valence-electron chi connectivity index (χ2n) is 9.45. The number of anilines is 1. The fraction of sp³-hybridized carbons (Fsp3) is 0.185. The Bertz CT molecular complexity index is 1750. The quantitative estimate of drug-likeness (QED) is 0.317. The Morgan fingerprint density at radius 1 is 0.944 bits per heavy atom. The molecular formula is C27H24N8S. The number of hydrogen-bond donors (Lipinski definition) is 3. The van der Waals surface area contributed by atoms with Gasteiger partial charge in [-0.25, -0.2) is 4.98 Å². The Morgan fingerprint density at radius 2 is 1.81 bits per heavy atom. The van der Waals surface area contributed by atoms with Crippen molar-refractivity contribution in [3.8, 4) is 33.1 Å². The summed E-state index contributed by atoms with van der Waals surface area (Å²) in [6.07, 6.45) is 7.43. The second kappa shape index (κ2) is 7.97. The van der Waals surface area contributed by atoms with Gasteiger partial charge in [-0.15, -0.1) is 11.3 Å². The Labute approximate surface area is 211 Å². The molecule has 8 nitrogen and oxygen atoms in total. The fourth-order valence-electron chi connectivity index (χ4n) is 4.95. The van der Waals surface area contributed by atoms with Crippen LogP contribution in [0.15, 0.2) is 55.1 Å². The number of H-pyrrole nitrogens is 2. The predicted molar refractivity (Wildman–Crippen MR) is 145 cm³/mol. The van der Waals surface area contributed by atoms with Crippen molar-refractivity contribution in [1.29, 1.82) is 0 Å². The van der Waals surface area contributed by atoms with Gasteiger partial charge >= 0.3 is 0 Å². The van der Waals surface area contributed by atoms with Gasteiger partial charge in [0.05, 0.1) is 41.0 Å². The molecule has 1 aliphatic heterocycles. The van der Waals surface area contributed by atoms with Gasteiger partial charge in [-0.2, -0.15) is 5.10 Å².